The van der Waals surface area contributed by atoms with Crippen molar-refractivity contribution in [2.75, 3.05) is 0 Å². The van der Waals surface area contributed by atoms with Crippen LogP contribution in [0, 0.1) is 6.92 Å². The lowest BCUT2D eigenvalue weighted by molar-refractivity contribution is 0.572. The number of hydrogen-bond acceptors (Lipinski definition) is 4. The van der Waals surface area contributed by atoms with Crippen molar-refractivity contribution in [1.29, 1.82) is 0 Å². The second kappa shape index (κ2) is 4.81. The summed E-state index contributed by atoms with van der Waals surface area (Å²) in [5.74, 6) is 0. The molecule has 0 aliphatic carbocycles. The molecule has 6 nitrogen and oxygen atoms in total. The summed E-state index contributed by atoms with van der Waals surface area (Å²) in [6, 6.07) is 2.21. The fraction of sp³-hybridized carbons (Fsp3) is 0.308. The zero-order valence-corrected chi connectivity index (χ0v) is 11.0. The first-order valence-corrected chi connectivity index (χ1v) is 6.25. The van der Waals surface area contributed by atoms with Gasteiger partial charge in [0.05, 0.1) is 11.9 Å². The Kier molecular flexibility index (Phi) is 3.00. The maximum Gasteiger partial charge on any atom is 0.155 e. The second-order valence-electron chi connectivity index (χ2n) is 4.68. The molecule has 6 heteroatoms. The van der Waals surface area contributed by atoms with E-state index in [9.17, 15) is 0 Å². The molecular weight excluding hydrogens is 240 g/mol. The van der Waals surface area contributed by atoms with E-state index in [1.165, 1.54) is 0 Å². The standard InChI is InChI=1S/C13H16N6/c1-9-3-13-15-5-11(8-19(13)18-9)4-14-10(2)12-6-16-17-7-12/h3,5-8,10,14H,4H2,1-2H3,(H,16,17). The SMILES string of the molecule is Cc1cc2ncc(CNC(C)c3cn[nH]c3)cn2n1. The lowest BCUT2D eigenvalue weighted by Crippen LogP contribution is -2.18. The van der Waals surface area contributed by atoms with E-state index in [0.717, 1.165) is 29.0 Å². The molecule has 0 spiro atoms. The molecule has 3 rings (SSSR count). The number of hydrogen-bond donors (Lipinski definition) is 2. The zero-order chi connectivity index (χ0) is 13.2. The lowest BCUT2D eigenvalue weighted by atomic mass is 10.2. The molecule has 2 N–H and O–H groups in total. The number of nitrogens with one attached hydrogen (secondary N) is 2. The Hall–Kier alpha value is -2.21. The summed E-state index contributed by atoms with van der Waals surface area (Å²) in [6.07, 6.45) is 7.61. The Morgan fingerprint density at radius 2 is 2.32 bits per heavy atom. The van der Waals surface area contributed by atoms with E-state index in [4.69, 9.17) is 0 Å². The summed E-state index contributed by atoms with van der Waals surface area (Å²) in [6.45, 7) is 4.82. The van der Waals surface area contributed by atoms with E-state index in [1.807, 2.05) is 42.3 Å². The number of H-pyrrole nitrogens is 1. The molecule has 1 unspecified atom stereocenters. The fourth-order valence-corrected chi connectivity index (χ4v) is 2.01. The van der Waals surface area contributed by atoms with Gasteiger partial charge in [-0.25, -0.2) is 9.50 Å². The van der Waals surface area contributed by atoms with Crippen LogP contribution >= 0.6 is 0 Å². The molecule has 3 aromatic heterocycles. The van der Waals surface area contributed by atoms with Gasteiger partial charge in [0.1, 0.15) is 0 Å². The number of aryl methyl sites for hydroxylation is 1. The van der Waals surface area contributed by atoms with Gasteiger partial charge in [-0.15, -0.1) is 0 Å². The highest BCUT2D eigenvalue weighted by Gasteiger charge is 2.06. The first-order valence-electron chi connectivity index (χ1n) is 6.25. The van der Waals surface area contributed by atoms with Crippen molar-refractivity contribution in [3.8, 4) is 0 Å². The molecule has 0 amide bonds. The van der Waals surface area contributed by atoms with Crippen molar-refractivity contribution in [2.45, 2.75) is 26.4 Å². The fourth-order valence-electron chi connectivity index (χ4n) is 2.01. The van der Waals surface area contributed by atoms with Gasteiger partial charge in [-0.1, -0.05) is 0 Å². The molecule has 0 aliphatic rings. The van der Waals surface area contributed by atoms with Crippen molar-refractivity contribution in [3.05, 3.63) is 47.7 Å². The zero-order valence-electron chi connectivity index (χ0n) is 11.0. The summed E-state index contributed by atoms with van der Waals surface area (Å²) in [4.78, 5) is 4.38. The van der Waals surface area contributed by atoms with Gasteiger partial charge in [0.2, 0.25) is 0 Å². The van der Waals surface area contributed by atoms with E-state index in [2.05, 4.69) is 32.5 Å². The van der Waals surface area contributed by atoms with Gasteiger partial charge in [-0.2, -0.15) is 10.2 Å². The Morgan fingerprint density at radius 1 is 1.42 bits per heavy atom. The molecule has 3 aromatic rings. The van der Waals surface area contributed by atoms with Crippen LogP contribution in [-0.2, 0) is 6.54 Å². The van der Waals surface area contributed by atoms with Gasteiger partial charge in [0, 0.05) is 48.4 Å². The number of fused-ring (bicyclic) bond motifs is 1. The Morgan fingerprint density at radius 3 is 3.11 bits per heavy atom. The summed E-state index contributed by atoms with van der Waals surface area (Å²) in [7, 11) is 0. The highest BCUT2D eigenvalue weighted by atomic mass is 15.2. The molecule has 0 aliphatic heterocycles. The molecule has 0 radical (unpaired) electrons. The molecule has 0 aromatic carbocycles. The van der Waals surface area contributed by atoms with Crippen LogP contribution in [-0.4, -0.2) is 24.8 Å². The quantitative estimate of drug-likeness (QED) is 0.744. The van der Waals surface area contributed by atoms with E-state index >= 15 is 0 Å². The van der Waals surface area contributed by atoms with Crippen molar-refractivity contribution >= 4 is 5.65 Å². The molecule has 3 heterocycles. The van der Waals surface area contributed by atoms with Crippen molar-refractivity contribution in [3.63, 3.8) is 0 Å². The largest absolute Gasteiger partial charge is 0.306 e. The first kappa shape index (κ1) is 11.9. The van der Waals surface area contributed by atoms with Crippen LogP contribution in [0.4, 0.5) is 0 Å². The third-order valence-electron chi connectivity index (χ3n) is 3.12. The van der Waals surface area contributed by atoms with E-state index in [0.29, 0.717) is 0 Å². The maximum atomic E-state index is 4.38. The number of aromatic amines is 1. The minimum atomic E-state index is 0.244. The average Bonchev–Trinajstić information content (AvgIpc) is 3.03. The van der Waals surface area contributed by atoms with Crippen molar-refractivity contribution in [1.82, 2.24) is 30.1 Å². The topological polar surface area (TPSA) is 70.9 Å². The smallest absolute Gasteiger partial charge is 0.155 e. The van der Waals surface area contributed by atoms with Gasteiger partial charge < -0.3 is 5.32 Å². The van der Waals surface area contributed by atoms with Crippen LogP contribution in [0.5, 0.6) is 0 Å². The normalized spacial score (nSPS) is 12.9. The molecule has 0 bridgehead atoms. The minimum absolute atomic E-state index is 0.244. The van der Waals surface area contributed by atoms with Gasteiger partial charge in [0.15, 0.2) is 5.65 Å². The molecule has 19 heavy (non-hydrogen) atoms. The lowest BCUT2D eigenvalue weighted by Gasteiger charge is -2.11. The minimum Gasteiger partial charge on any atom is -0.306 e. The second-order valence-corrected chi connectivity index (χ2v) is 4.68. The average molecular weight is 256 g/mol. The van der Waals surface area contributed by atoms with Crippen LogP contribution in [0.2, 0.25) is 0 Å². The van der Waals surface area contributed by atoms with Gasteiger partial charge in [-0.3, -0.25) is 5.10 Å². The molecule has 0 fully saturated rings. The Balaban J connectivity index is 1.71. The maximum absolute atomic E-state index is 4.38. The highest BCUT2D eigenvalue weighted by Crippen LogP contribution is 2.11. The predicted octanol–water partition coefficient (Wildman–Crippen LogP) is 1.61. The monoisotopic (exact) mass is 256 g/mol. The number of nitrogens with zero attached hydrogens (tertiary/aromatic N) is 4. The van der Waals surface area contributed by atoms with Crippen LogP contribution in [0.25, 0.3) is 5.65 Å². The van der Waals surface area contributed by atoms with Crippen molar-refractivity contribution < 1.29 is 0 Å². The number of aromatic nitrogens is 5. The van der Waals surface area contributed by atoms with E-state index in [1.54, 1.807) is 0 Å². The Labute approximate surface area is 110 Å². The van der Waals surface area contributed by atoms with Gasteiger partial charge in [-0.05, 0) is 13.8 Å². The first-order chi connectivity index (χ1) is 9.22. The third-order valence-corrected chi connectivity index (χ3v) is 3.12. The molecule has 0 saturated heterocycles. The van der Waals surface area contributed by atoms with Gasteiger partial charge >= 0.3 is 0 Å². The third kappa shape index (κ3) is 2.48. The van der Waals surface area contributed by atoms with Gasteiger partial charge in [0.25, 0.3) is 0 Å². The highest BCUT2D eigenvalue weighted by molar-refractivity contribution is 5.38. The van der Waals surface area contributed by atoms with Crippen LogP contribution in [0.1, 0.15) is 29.8 Å². The van der Waals surface area contributed by atoms with Crippen LogP contribution < -0.4 is 5.32 Å². The molecule has 0 saturated carbocycles. The summed E-state index contributed by atoms with van der Waals surface area (Å²) in [5, 5.41) is 14.6. The molecule has 1 atom stereocenters. The Bertz CT molecular complexity index is 670. The molecular formula is C13H16N6. The van der Waals surface area contributed by atoms with Crippen molar-refractivity contribution in [2.24, 2.45) is 0 Å². The number of rotatable bonds is 4. The summed E-state index contributed by atoms with van der Waals surface area (Å²) in [5.41, 5.74) is 4.10. The van der Waals surface area contributed by atoms with E-state index in [-0.39, 0.29) is 6.04 Å². The van der Waals surface area contributed by atoms with Crippen LogP contribution in [0.3, 0.4) is 0 Å². The summed E-state index contributed by atoms with van der Waals surface area (Å²) < 4.78 is 1.81. The summed E-state index contributed by atoms with van der Waals surface area (Å²) >= 11 is 0. The predicted molar refractivity (Wildman–Crippen MR) is 71.6 cm³/mol. The molecule has 98 valence electrons. The van der Waals surface area contributed by atoms with Crippen LogP contribution in [0.15, 0.2) is 30.9 Å². The van der Waals surface area contributed by atoms with E-state index < -0.39 is 0 Å².